The fraction of sp³-hybridized carbons (Fsp3) is 0.250. The Balaban J connectivity index is 2.45. The van der Waals surface area contributed by atoms with Gasteiger partial charge in [-0.15, -0.1) is 0 Å². The SMILES string of the molecule is C=CCOC(=O)C(Br)Cc1ccccc1. The van der Waals surface area contributed by atoms with Gasteiger partial charge in [-0.1, -0.05) is 58.9 Å². The summed E-state index contributed by atoms with van der Waals surface area (Å²) < 4.78 is 4.92. The summed E-state index contributed by atoms with van der Waals surface area (Å²) in [7, 11) is 0. The Bertz CT molecular complexity index is 322. The van der Waals surface area contributed by atoms with Crippen LogP contribution in [0.1, 0.15) is 5.56 Å². The molecule has 1 rings (SSSR count). The first-order valence-electron chi connectivity index (χ1n) is 4.69. The lowest BCUT2D eigenvalue weighted by Gasteiger charge is -2.08. The lowest BCUT2D eigenvalue weighted by molar-refractivity contribution is -0.141. The van der Waals surface area contributed by atoms with Gasteiger partial charge in [0.15, 0.2) is 0 Å². The molecule has 0 saturated carbocycles. The van der Waals surface area contributed by atoms with Crippen LogP contribution in [0.15, 0.2) is 43.0 Å². The Morgan fingerprint density at radius 3 is 2.73 bits per heavy atom. The van der Waals surface area contributed by atoms with Crippen molar-refractivity contribution in [2.75, 3.05) is 6.61 Å². The van der Waals surface area contributed by atoms with Crippen molar-refractivity contribution < 1.29 is 9.53 Å². The van der Waals surface area contributed by atoms with Crippen LogP contribution in [-0.2, 0) is 16.0 Å². The molecule has 0 saturated heterocycles. The van der Waals surface area contributed by atoms with Gasteiger partial charge in [0.25, 0.3) is 0 Å². The maximum atomic E-state index is 11.4. The minimum absolute atomic E-state index is 0.251. The molecule has 0 amide bonds. The van der Waals surface area contributed by atoms with E-state index in [9.17, 15) is 4.79 Å². The Morgan fingerprint density at radius 2 is 2.13 bits per heavy atom. The molecule has 0 spiro atoms. The quantitative estimate of drug-likeness (QED) is 0.466. The third-order valence-electron chi connectivity index (χ3n) is 1.86. The number of halogens is 1. The Morgan fingerprint density at radius 1 is 1.47 bits per heavy atom. The van der Waals surface area contributed by atoms with Crippen molar-refractivity contribution in [1.82, 2.24) is 0 Å². The maximum Gasteiger partial charge on any atom is 0.320 e. The van der Waals surface area contributed by atoms with Crippen LogP contribution < -0.4 is 0 Å². The van der Waals surface area contributed by atoms with Crippen LogP contribution in [0.25, 0.3) is 0 Å². The Labute approximate surface area is 98.1 Å². The molecule has 0 aliphatic rings. The minimum Gasteiger partial charge on any atom is -0.461 e. The van der Waals surface area contributed by atoms with E-state index in [1.807, 2.05) is 30.3 Å². The number of benzene rings is 1. The van der Waals surface area contributed by atoms with E-state index in [0.29, 0.717) is 6.42 Å². The Hall–Kier alpha value is -1.09. The molecule has 1 unspecified atom stereocenters. The largest absolute Gasteiger partial charge is 0.461 e. The molecule has 15 heavy (non-hydrogen) atoms. The molecule has 0 N–H and O–H groups in total. The number of carbonyl (C=O) groups is 1. The molecule has 0 radical (unpaired) electrons. The molecular weight excluding hydrogens is 256 g/mol. The third kappa shape index (κ3) is 4.30. The number of alkyl halides is 1. The van der Waals surface area contributed by atoms with Crippen molar-refractivity contribution >= 4 is 21.9 Å². The van der Waals surface area contributed by atoms with Gasteiger partial charge in [-0.2, -0.15) is 0 Å². The number of rotatable bonds is 5. The summed E-state index contributed by atoms with van der Waals surface area (Å²) in [6, 6.07) is 9.81. The number of hydrogen-bond donors (Lipinski definition) is 0. The molecule has 1 aromatic carbocycles. The van der Waals surface area contributed by atoms with Gasteiger partial charge < -0.3 is 4.74 Å². The van der Waals surface area contributed by atoms with Crippen molar-refractivity contribution in [3.63, 3.8) is 0 Å². The second-order valence-corrected chi connectivity index (χ2v) is 4.18. The van der Waals surface area contributed by atoms with E-state index in [-0.39, 0.29) is 17.4 Å². The summed E-state index contributed by atoms with van der Waals surface area (Å²) in [5.74, 6) is -0.251. The number of ether oxygens (including phenoxy) is 1. The van der Waals surface area contributed by atoms with Gasteiger partial charge in [0, 0.05) is 0 Å². The average molecular weight is 269 g/mol. The normalized spacial score (nSPS) is 11.8. The van der Waals surface area contributed by atoms with Gasteiger partial charge in [-0.3, -0.25) is 4.79 Å². The van der Waals surface area contributed by atoms with Gasteiger partial charge in [-0.25, -0.2) is 0 Å². The van der Waals surface area contributed by atoms with Gasteiger partial charge in [0.05, 0.1) is 0 Å². The molecule has 0 heterocycles. The molecule has 0 aromatic heterocycles. The summed E-state index contributed by atoms with van der Waals surface area (Å²) in [4.78, 5) is 11.1. The molecule has 2 nitrogen and oxygen atoms in total. The summed E-state index contributed by atoms with van der Waals surface area (Å²) in [5.41, 5.74) is 1.11. The summed E-state index contributed by atoms with van der Waals surface area (Å²) in [6.45, 7) is 3.74. The highest BCUT2D eigenvalue weighted by atomic mass is 79.9. The zero-order valence-electron chi connectivity index (χ0n) is 8.36. The molecule has 0 fully saturated rings. The summed E-state index contributed by atoms with van der Waals surface area (Å²) in [5, 5.41) is 0. The second-order valence-electron chi connectivity index (χ2n) is 3.08. The highest BCUT2D eigenvalue weighted by Gasteiger charge is 2.16. The van der Waals surface area contributed by atoms with Gasteiger partial charge in [0.2, 0.25) is 0 Å². The first-order valence-corrected chi connectivity index (χ1v) is 5.61. The van der Waals surface area contributed by atoms with Crippen LogP contribution in [0, 0.1) is 0 Å². The van der Waals surface area contributed by atoms with E-state index in [0.717, 1.165) is 5.56 Å². The van der Waals surface area contributed by atoms with Crippen molar-refractivity contribution in [2.45, 2.75) is 11.2 Å². The van der Waals surface area contributed by atoms with E-state index in [4.69, 9.17) is 4.74 Å². The smallest absolute Gasteiger partial charge is 0.320 e. The van der Waals surface area contributed by atoms with E-state index in [1.165, 1.54) is 0 Å². The van der Waals surface area contributed by atoms with Crippen LogP contribution in [0.2, 0.25) is 0 Å². The minimum atomic E-state index is -0.292. The molecule has 0 bridgehead atoms. The highest BCUT2D eigenvalue weighted by molar-refractivity contribution is 9.10. The predicted octanol–water partition coefficient (Wildman–Crippen LogP) is 2.72. The van der Waals surface area contributed by atoms with E-state index in [2.05, 4.69) is 22.5 Å². The number of carbonyl (C=O) groups excluding carboxylic acids is 1. The van der Waals surface area contributed by atoms with Crippen molar-refractivity contribution in [2.24, 2.45) is 0 Å². The zero-order valence-corrected chi connectivity index (χ0v) is 9.94. The lowest BCUT2D eigenvalue weighted by atomic mass is 10.1. The molecular formula is C12H13BrO2. The highest BCUT2D eigenvalue weighted by Crippen LogP contribution is 2.11. The topological polar surface area (TPSA) is 26.3 Å². The first-order chi connectivity index (χ1) is 7.24. The zero-order chi connectivity index (χ0) is 11.1. The van der Waals surface area contributed by atoms with E-state index >= 15 is 0 Å². The predicted molar refractivity (Wildman–Crippen MR) is 64.0 cm³/mol. The lowest BCUT2D eigenvalue weighted by Crippen LogP contribution is -2.19. The fourth-order valence-electron chi connectivity index (χ4n) is 1.14. The molecule has 3 heteroatoms. The second kappa shape index (κ2) is 6.40. The molecule has 1 atom stereocenters. The standard InChI is InChI=1S/C12H13BrO2/c1-2-8-15-12(14)11(13)9-10-6-4-3-5-7-10/h2-7,11H,1,8-9H2. The molecule has 0 aliphatic carbocycles. The van der Waals surface area contributed by atoms with Gasteiger partial charge in [-0.05, 0) is 12.0 Å². The average Bonchev–Trinajstić information content (AvgIpc) is 2.27. The number of esters is 1. The molecule has 0 aliphatic heterocycles. The van der Waals surface area contributed by atoms with E-state index in [1.54, 1.807) is 6.08 Å². The van der Waals surface area contributed by atoms with Gasteiger partial charge >= 0.3 is 5.97 Å². The van der Waals surface area contributed by atoms with Crippen molar-refractivity contribution in [1.29, 1.82) is 0 Å². The third-order valence-corrected chi connectivity index (χ3v) is 2.55. The molecule has 1 aromatic rings. The van der Waals surface area contributed by atoms with Gasteiger partial charge in [0.1, 0.15) is 11.4 Å². The summed E-state index contributed by atoms with van der Waals surface area (Å²) >= 11 is 3.30. The van der Waals surface area contributed by atoms with Crippen LogP contribution >= 0.6 is 15.9 Å². The molecule has 80 valence electrons. The monoisotopic (exact) mass is 268 g/mol. The summed E-state index contributed by atoms with van der Waals surface area (Å²) in [6.07, 6.45) is 2.19. The number of hydrogen-bond acceptors (Lipinski definition) is 2. The van der Waals surface area contributed by atoms with Crippen molar-refractivity contribution in [3.8, 4) is 0 Å². The van der Waals surface area contributed by atoms with Crippen molar-refractivity contribution in [3.05, 3.63) is 48.6 Å². The van der Waals surface area contributed by atoms with Crippen LogP contribution in [0.3, 0.4) is 0 Å². The first kappa shape index (κ1) is 12.0. The van der Waals surface area contributed by atoms with E-state index < -0.39 is 0 Å². The van der Waals surface area contributed by atoms with Crippen LogP contribution in [0.4, 0.5) is 0 Å². The fourth-order valence-corrected chi connectivity index (χ4v) is 1.64. The Kier molecular flexibility index (Phi) is 5.12. The van der Waals surface area contributed by atoms with Crippen LogP contribution in [-0.4, -0.2) is 17.4 Å². The maximum absolute atomic E-state index is 11.4. The van der Waals surface area contributed by atoms with Crippen LogP contribution in [0.5, 0.6) is 0 Å².